The van der Waals surface area contributed by atoms with Crippen molar-refractivity contribution in [3.05, 3.63) is 35.4 Å². The predicted molar refractivity (Wildman–Crippen MR) is 62.0 cm³/mol. The molecule has 1 aliphatic carbocycles. The summed E-state index contributed by atoms with van der Waals surface area (Å²) in [5.74, 6) is -0.229. The summed E-state index contributed by atoms with van der Waals surface area (Å²) in [6.45, 7) is 0.152. The van der Waals surface area contributed by atoms with Crippen LogP contribution < -0.4 is 5.73 Å². The molecule has 1 fully saturated rings. The van der Waals surface area contributed by atoms with Crippen LogP contribution in [0.25, 0.3) is 0 Å². The Morgan fingerprint density at radius 3 is 2.50 bits per heavy atom. The van der Waals surface area contributed by atoms with Gasteiger partial charge >= 0.3 is 6.18 Å². The van der Waals surface area contributed by atoms with Gasteiger partial charge in [-0.1, -0.05) is 18.2 Å². The Morgan fingerprint density at radius 2 is 2.00 bits per heavy atom. The van der Waals surface area contributed by atoms with Crippen LogP contribution in [-0.4, -0.2) is 17.8 Å². The third-order valence-corrected chi connectivity index (χ3v) is 3.41. The van der Waals surface area contributed by atoms with Crippen molar-refractivity contribution >= 4 is 0 Å². The first-order valence-corrected chi connectivity index (χ1v) is 5.98. The summed E-state index contributed by atoms with van der Waals surface area (Å²) in [6.07, 6.45) is -3.15. The summed E-state index contributed by atoms with van der Waals surface area (Å²) in [7, 11) is 0. The number of aliphatic hydroxyl groups is 1. The molecule has 1 aromatic rings. The van der Waals surface area contributed by atoms with Crippen LogP contribution in [0.5, 0.6) is 0 Å². The fraction of sp³-hybridized carbons (Fsp3) is 0.538. The molecule has 2 rings (SSSR count). The molecule has 18 heavy (non-hydrogen) atoms. The van der Waals surface area contributed by atoms with Gasteiger partial charge in [-0.3, -0.25) is 0 Å². The van der Waals surface area contributed by atoms with Gasteiger partial charge in [0.15, 0.2) is 0 Å². The monoisotopic (exact) mass is 259 g/mol. The molecular formula is C13H16F3NO. The van der Waals surface area contributed by atoms with Crippen LogP contribution in [0.15, 0.2) is 24.3 Å². The SMILES string of the molecule is NCC(c1cccc(C(F)(F)F)c1)C(O)C1CC1. The molecule has 0 radical (unpaired) electrons. The van der Waals surface area contributed by atoms with Gasteiger partial charge in [0.05, 0.1) is 11.7 Å². The maximum atomic E-state index is 12.6. The zero-order chi connectivity index (χ0) is 13.3. The molecule has 2 atom stereocenters. The molecule has 0 saturated heterocycles. The smallest absolute Gasteiger partial charge is 0.392 e. The van der Waals surface area contributed by atoms with Gasteiger partial charge in [-0.15, -0.1) is 0 Å². The summed E-state index contributed by atoms with van der Waals surface area (Å²) >= 11 is 0. The minimum Gasteiger partial charge on any atom is -0.392 e. The van der Waals surface area contributed by atoms with E-state index < -0.39 is 23.8 Å². The molecule has 0 aliphatic heterocycles. The van der Waals surface area contributed by atoms with E-state index in [9.17, 15) is 18.3 Å². The maximum absolute atomic E-state index is 12.6. The van der Waals surface area contributed by atoms with E-state index in [4.69, 9.17) is 5.73 Å². The van der Waals surface area contributed by atoms with Crippen molar-refractivity contribution < 1.29 is 18.3 Å². The van der Waals surface area contributed by atoms with E-state index in [1.54, 1.807) is 6.07 Å². The number of aliphatic hydroxyl groups excluding tert-OH is 1. The normalized spacial score (nSPS) is 19.6. The van der Waals surface area contributed by atoms with E-state index in [-0.39, 0.29) is 12.5 Å². The second kappa shape index (κ2) is 4.90. The fourth-order valence-electron chi connectivity index (χ4n) is 2.18. The maximum Gasteiger partial charge on any atom is 0.416 e. The van der Waals surface area contributed by atoms with Crippen LogP contribution >= 0.6 is 0 Å². The molecule has 0 spiro atoms. The van der Waals surface area contributed by atoms with Gasteiger partial charge in [-0.25, -0.2) is 0 Å². The Labute approximate surface area is 104 Å². The number of halogens is 3. The summed E-state index contributed by atoms with van der Waals surface area (Å²) in [5.41, 5.74) is 5.36. The Balaban J connectivity index is 2.25. The zero-order valence-electron chi connectivity index (χ0n) is 9.82. The molecule has 2 nitrogen and oxygen atoms in total. The lowest BCUT2D eigenvalue weighted by Gasteiger charge is -2.22. The molecule has 1 saturated carbocycles. The molecule has 0 aromatic heterocycles. The predicted octanol–water partition coefficient (Wildman–Crippen LogP) is 2.52. The summed E-state index contributed by atoms with van der Waals surface area (Å²) in [5, 5.41) is 10.0. The molecule has 0 amide bonds. The third-order valence-electron chi connectivity index (χ3n) is 3.41. The second-order valence-corrected chi connectivity index (χ2v) is 4.79. The lowest BCUT2D eigenvalue weighted by Crippen LogP contribution is -2.27. The summed E-state index contributed by atoms with van der Waals surface area (Å²) < 4.78 is 37.8. The van der Waals surface area contributed by atoms with Crippen molar-refractivity contribution in [3.8, 4) is 0 Å². The van der Waals surface area contributed by atoms with Crippen molar-refractivity contribution in [2.45, 2.75) is 31.0 Å². The lowest BCUT2D eigenvalue weighted by molar-refractivity contribution is -0.137. The number of rotatable bonds is 4. The molecule has 100 valence electrons. The van der Waals surface area contributed by atoms with E-state index in [0.29, 0.717) is 5.56 Å². The van der Waals surface area contributed by atoms with Gasteiger partial charge < -0.3 is 10.8 Å². The first-order chi connectivity index (χ1) is 8.43. The average Bonchev–Trinajstić information content (AvgIpc) is 3.13. The second-order valence-electron chi connectivity index (χ2n) is 4.79. The first kappa shape index (κ1) is 13.4. The average molecular weight is 259 g/mol. The minimum atomic E-state index is -4.36. The topological polar surface area (TPSA) is 46.2 Å². The number of benzene rings is 1. The van der Waals surface area contributed by atoms with Crippen LogP contribution in [-0.2, 0) is 6.18 Å². The van der Waals surface area contributed by atoms with E-state index in [2.05, 4.69) is 0 Å². The Hall–Kier alpha value is -1.07. The van der Waals surface area contributed by atoms with Crippen molar-refractivity contribution in [1.82, 2.24) is 0 Å². The number of alkyl halides is 3. The van der Waals surface area contributed by atoms with Gasteiger partial charge in [0.1, 0.15) is 0 Å². The van der Waals surface area contributed by atoms with Crippen molar-refractivity contribution in [1.29, 1.82) is 0 Å². The van der Waals surface area contributed by atoms with Gasteiger partial charge in [-0.2, -0.15) is 13.2 Å². The number of hydrogen-bond acceptors (Lipinski definition) is 2. The lowest BCUT2D eigenvalue weighted by atomic mass is 9.90. The zero-order valence-corrected chi connectivity index (χ0v) is 9.82. The van der Waals surface area contributed by atoms with Gasteiger partial charge in [0, 0.05) is 12.5 Å². The minimum absolute atomic E-state index is 0.152. The molecule has 1 aromatic carbocycles. The molecule has 0 heterocycles. The molecule has 2 unspecified atom stereocenters. The largest absolute Gasteiger partial charge is 0.416 e. The van der Waals surface area contributed by atoms with Crippen LogP contribution in [0, 0.1) is 5.92 Å². The highest BCUT2D eigenvalue weighted by molar-refractivity contribution is 5.29. The number of nitrogens with two attached hydrogens (primary N) is 1. The Kier molecular flexibility index (Phi) is 3.64. The van der Waals surface area contributed by atoms with E-state index in [1.807, 2.05) is 0 Å². The van der Waals surface area contributed by atoms with Crippen LogP contribution in [0.4, 0.5) is 13.2 Å². The van der Waals surface area contributed by atoms with Crippen LogP contribution in [0.3, 0.4) is 0 Å². The first-order valence-electron chi connectivity index (χ1n) is 5.98. The Morgan fingerprint density at radius 1 is 1.33 bits per heavy atom. The van der Waals surface area contributed by atoms with E-state index >= 15 is 0 Å². The van der Waals surface area contributed by atoms with Gasteiger partial charge in [0.25, 0.3) is 0 Å². The highest BCUT2D eigenvalue weighted by Gasteiger charge is 2.36. The molecule has 1 aliphatic rings. The summed E-state index contributed by atoms with van der Waals surface area (Å²) in [4.78, 5) is 0. The standard InChI is InChI=1S/C13H16F3NO/c14-13(15,16)10-3-1-2-9(6-10)11(7-17)12(18)8-4-5-8/h1-3,6,8,11-12,18H,4-5,7,17H2. The van der Waals surface area contributed by atoms with Crippen molar-refractivity contribution in [2.24, 2.45) is 11.7 Å². The molecule has 0 bridgehead atoms. The molecular weight excluding hydrogens is 243 g/mol. The molecule has 5 heteroatoms. The Bertz CT molecular complexity index is 415. The highest BCUT2D eigenvalue weighted by Crippen LogP contribution is 2.39. The van der Waals surface area contributed by atoms with Crippen molar-refractivity contribution in [2.75, 3.05) is 6.54 Å². The van der Waals surface area contributed by atoms with Crippen LogP contribution in [0.2, 0.25) is 0 Å². The van der Waals surface area contributed by atoms with Crippen LogP contribution in [0.1, 0.15) is 29.9 Å². The quantitative estimate of drug-likeness (QED) is 0.872. The van der Waals surface area contributed by atoms with Gasteiger partial charge in [-0.05, 0) is 30.4 Å². The highest BCUT2D eigenvalue weighted by atomic mass is 19.4. The molecule has 3 N–H and O–H groups in total. The fourth-order valence-corrected chi connectivity index (χ4v) is 2.18. The van der Waals surface area contributed by atoms with E-state index in [1.165, 1.54) is 6.07 Å². The third kappa shape index (κ3) is 2.84. The van der Waals surface area contributed by atoms with E-state index in [0.717, 1.165) is 25.0 Å². The van der Waals surface area contributed by atoms with Crippen molar-refractivity contribution in [3.63, 3.8) is 0 Å². The van der Waals surface area contributed by atoms with Gasteiger partial charge in [0.2, 0.25) is 0 Å². The summed E-state index contributed by atoms with van der Waals surface area (Å²) in [6, 6.07) is 5.07. The number of hydrogen-bond donors (Lipinski definition) is 2.